The summed E-state index contributed by atoms with van der Waals surface area (Å²) in [5.74, 6) is 0.739. The van der Waals surface area contributed by atoms with Gasteiger partial charge in [0.2, 0.25) is 0 Å². The van der Waals surface area contributed by atoms with E-state index in [1.165, 1.54) is 0 Å². The van der Waals surface area contributed by atoms with Crippen molar-refractivity contribution >= 4 is 28.4 Å². The molecule has 0 aliphatic rings. The number of nitrogens with zero attached hydrogens (tertiary/aromatic N) is 2. The zero-order valence-electron chi connectivity index (χ0n) is 17.5. The van der Waals surface area contributed by atoms with Gasteiger partial charge < -0.3 is 14.6 Å². The van der Waals surface area contributed by atoms with Gasteiger partial charge in [-0.2, -0.15) is 0 Å². The van der Waals surface area contributed by atoms with E-state index in [1.807, 2.05) is 36.4 Å². The molecule has 0 aliphatic carbocycles. The molecular formula is C25H22ClN3O3. The van der Waals surface area contributed by atoms with Crippen LogP contribution in [-0.2, 0) is 17.9 Å². The zero-order chi connectivity index (χ0) is 22.5. The molecule has 4 rings (SSSR count). The minimum absolute atomic E-state index is 0.141. The van der Waals surface area contributed by atoms with Gasteiger partial charge in [0.05, 0.1) is 17.4 Å². The van der Waals surface area contributed by atoms with Crippen LogP contribution in [0.15, 0.2) is 83.7 Å². The molecule has 1 atom stereocenters. The summed E-state index contributed by atoms with van der Waals surface area (Å²) in [7, 11) is 0. The Bertz CT molecular complexity index is 1270. The molecule has 1 aromatic heterocycles. The summed E-state index contributed by atoms with van der Waals surface area (Å²) in [6, 6.07) is 23.6. The summed E-state index contributed by atoms with van der Waals surface area (Å²) >= 11 is 5.93. The SMILES string of the molecule is CC(Oc1ccc(Cl)cc1)C(=O)N(Cc1ccccc1)Cc1nc2ccccc2c(=O)[nH]1. The molecule has 3 aromatic carbocycles. The van der Waals surface area contributed by atoms with Crippen molar-refractivity contribution in [3.63, 3.8) is 0 Å². The number of ether oxygens (including phenoxy) is 1. The minimum Gasteiger partial charge on any atom is -0.481 e. The summed E-state index contributed by atoms with van der Waals surface area (Å²) in [5.41, 5.74) is 1.31. The first-order valence-electron chi connectivity index (χ1n) is 10.2. The highest BCUT2D eigenvalue weighted by atomic mass is 35.5. The third kappa shape index (κ3) is 5.15. The van der Waals surface area contributed by atoms with Gasteiger partial charge in [-0.3, -0.25) is 9.59 Å². The number of amides is 1. The highest BCUT2D eigenvalue weighted by Gasteiger charge is 2.24. The van der Waals surface area contributed by atoms with E-state index in [-0.39, 0.29) is 18.0 Å². The van der Waals surface area contributed by atoms with Gasteiger partial charge >= 0.3 is 0 Å². The van der Waals surface area contributed by atoms with Crippen molar-refractivity contribution in [1.29, 1.82) is 0 Å². The molecule has 0 radical (unpaired) electrons. The number of aromatic amines is 1. The lowest BCUT2D eigenvalue weighted by atomic mass is 10.2. The first-order valence-corrected chi connectivity index (χ1v) is 10.6. The van der Waals surface area contributed by atoms with Crippen LogP contribution in [0.5, 0.6) is 5.75 Å². The lowest BCUT2D eigenvalue weighted by Gasteiger charge is -2.26. The van der Waals surface area contributed by atoms with Crippen LogP contribution in [0.3, 0.4) is 0 Å². The number of aromatic nitrogens is 2. The maximum atomic E-state index is 13.3. The van der Waals surface area contributed by atoms with Crippen LogP contribution < -0.4 is 10.3 Å². The van der Waals surface area contributed by atoms with Crippen molar-refractivity contribution in [2.24, 2.45) is 0 Å². The Balaban J connectivity index is 1.60. The molecule has 4 aromatic rings. The predicted octanol–water partition coefficient (Wildman–Crippen LogP) is 4.57. The molecule has 32 heavy (non-hydrogen) atoms. The number of benzene rings is 3. The summed E-state index contributed by atoms with van der Waals surface area (Å²) in [6.07, 6.45) is -0.743. The summed E-state index contributed by atoms with van der Waals surface area (Å²) in [6.45, 7) is 2.19. The number of rotatable bonds is 7. The van der Waals surface area contributed by atoms with Gasteiger partial charge in [-0.25, -0.2) is 4.98 Å². The van der Waals surface area contributed by atoms with Crippen LogP contribution in [-0.4, -0.2) is 26.9 Å². The van der Waals surface area contributed by atoms with E-state index in [4.69, 9.17) is 16.3 Å². The minimum atomic E-state index is -0.743. The van der Waals surface area contributed by atoms with Gasteiger partial charge in [-0.05, 0) is 48.9 Å². The molecule has 6 nitrogen and oxygen atoms in total. The van der Waals surface area contributed by atoms with Crippen LogP contribution in [0.1, 0.15) is 18.3 Å². The molecule has 0 saturated carbocycles. The summed E-state index contributed by atoms with van der Waals surface area (Å²) in [4.78, 5) is 34.8. The van der Waals surface area contributed by atoms with Gasteiger partial charge in [0.1, 0.15) is 11.6 Å². The van der Waals surface area contributed by atoms with Crippen molar-refractivity contribution < 1.29 is 9.53 Å². The van der Waals surface area contributed by atoms with E-state index in [9.17, 15) is 9.59 Å². The predicted molar refractivity (Wildman–Crippen MR) is 125 cm³/mol. The first-order chi connectivity index (χ1) is 15.5. The van der Waals surface area contributed by atoms with Gasteiger partial charge in [0, 0.05) is 11.6 Å². The number of hydrogen-bond acceptors (Lipinski definition) is 4. The van der Waals surface area contributed by atoms with E-state index >= 15 is 0 Å². The number of hydrogen-bond donors (Lipinski definition) is 1. The van der Waals surface area contributed by atoms with Crippen molar-refractivity contribution in [3.05, 3.63) is 106 Å². The van der Waals surface area contributed by atoms with Crippen LogP contribution in [0.2, 0.25) is 5.02 Å². The number of carbonyl (C=O) groups excluding carboxylic acids is 1. The van der Waals surface area contributed by atoms with Crippen LogP contribution in [0.25, 0.3) is 10.9 Å². The second-order valence-electron chi connectivity index (χ2n) is 7.42. The van der Waals surface area contributed by atoms with Crippen molar-refractivity contribution in [2.75, 3.05) is 0 Å². The molecule has 0 spiro atoms. The quantitative estimate of drug-likeness (QED) is 0.450. The Hall–Kier alpha value is -3.64. The van der Waals surface area contributed by atoms with E-state index in [1.54, 1.807) is 54.3 Å². The maximum absolute atomic E-state index is 13.3. The molecule has 0 bridgehead atoms. The number of H-pyrrole nitrogens is 1. The van der Waals surface area contributed by atoms with Crippen molar-refractivity contribution in [3.8, 4) is 5.75 Å². The topological polar surface area (TPSA) is 75.3 Å². The van der Waals surface area contributed by atoms with Crippen molar-refractivity contribution in [1.82, 2.24) is 14.9 Å². The van der Waals surface area contributed by atoms with Gasteiger partial charge in [0.25, 0.3) is 11.5 Å². The lowest BCUT2D eigenvalue weighted by molar-refractivity contribution is -0.139. The van der Waals surface area contributed by atoms with Gasteiger partial charge in [0.15, 0.2) is 6.10 Å². The second kappa shape index (κ2) is 9.66. The van der Waals surface area contributed by atoms with E-state index < -0.39 is 6.10 Å². The average Bonchev–Trinajstić information content (AvgIpc) is 2.80. The first kappa shape index (κ1) is 21.6. The van der Waals surface area contributed by atoms with Crippen molar-refractivity contribution in [2.45, 2.75) is 26.1 Å². The standard InChI is InChI=1S/C25H22ClN3O3/c1-17(32-20-13-11-19(26)12-14-20)25(31)29(15-18-7-3-2-4-8-18)16-23-27-22-10-6-5-9-21(22)24(30)28-23/h2-14,17H,15-16H2,1H3,(H,27,28,30). The van der Waals surface area contributed by atoms with E-state index in [2.05, 4.69) is 9.97 Å². The Morgan fingerprint density at radius 2 is 1.69 bits per heavy atom. The smallest absolute Gasteiger partial charge is 0.264 e. The maximum Gasteiger partial charge on any atom is 0.264 e. The molecule has 1 amide bonds. The molecule has 1 unspecified atom stereocenters. The average molecular weight is 448 g/mol. The van der Waals surface area contributed by atoms with Crippen LogP contribution in [0.4, 0.5) is 0 Å². The molecule has 1 heterocycles. The fourth-order valence-electron chi connectivity index (χ4n) is 3.43. The second-order valence-corrected chi connectivity index (χ2v) is 7.86. The van der Waals surface area contributed by atoms with E-state index in [0.29, 0.717) is 34.0 Å². The molecular weight excluding hydrogens is 426 g/mol. The Kier molecular flexibility index (Phi) is 6.52. The molecule has 0 aliphatic heterocycles. The third-order valence-corrected chi connectivity index (χ3v) is 5.26. The molecule has 7 heteroatoms. The normalized spacial score (nSPS) is 11.8. The fourth-order valence-corrected chi connectivity index (χ4v) is 3.56. The monoisotopic (exact) mass is 447 g/mol. The van der Waals surface area contributed by atoms with Gasteiger partial charge in [-0.1, -0.05) is 54.1 Å². The third-order valence-electron chi connectivity index (χ3n) is 5.00. The molecule has 0 saturated heterocycles. The number of fused-ring (bicyclic) bond motifs is 1. The number of nitrogens with one attached hydrogen (secondary N) is 1. The summed E-state index contributed by atoms with van der Waals surface area (Å²) < 4.78 is 5.84. The number of halogens is 1. The fraction of sp³-hybridized carbons (Fsp3) is 0.160. The largest absolute Gasteiger partial charge is 0.481 e. The summed E-state index contributed by atoms with van der Waals surface area (Å²) in [5, 5.41) is 1.10. The van der Waals surface area contributed by atoms with Crippen LogP contribution in [0, 0.1) is 0 Å². The Morgan fingerprint density at radius 1 is 1.00 bits per heavy atom. The Labute approximate surface area is 190 Å². The molecule has 1 N–H and O–H groups in total. The molecule has 162 valence electrons. The number of carbonyl (C=O) groups is 1. The van der Waals surface area contributed by atoms with Crippen LogP contribution >= 0.6 is 11.6 Å². The number of para-hydroxylation sites is 1. The lowest BCUT2D eigenvalue weighted by Crippen LogP contribution is -2.40. The Morgan fingerprint density at radius 3 is 2.44 bits per heavy atom. The zero-order valence-corrected chi connectivity index (χ0v) is 18.3. The highest BCUT2D eigenvalue weighted by molar-refractivity contribution is 6.30. The highest BCUT2D eigenvalue weighted by Crippen LogP contribution is 2.18. The van der Waals surface area contributed by atoms with Gasteiger partial charge in [-0.15, -0.1) is 0 Å². The molecule has 0 fully saturated rings. The van der Waals surface area contributed by atoms with E-state index in [0.717, 1.165) is 5.56 Å².